The van der Waals surface area contributed by atoms with E-state index in [2.05, 4.69) is 5.32 Å². The molecular weight excluding hydrogens is 110 g/mol. The molecular formula is C4H7NO3. The number of nitrogens with one attached hydrogen (secondary N) is 1. The molecule has 8 heavy (non-hydrogen) atoms. The summed E-state index contributed by atoms with van der Waals surface area (Å²) in [5, 5.41) is 19.3. The van der Waals surface area contributed by atoms with Gasteiger partial charge in [-0.05, 0) is 0 Å². The van der Waals surface area contributed by atoms with E-state index in [1.807, 2.05) is 0 Å². The summed E-state index contributed by atoms with van der Waals surface area (Å²) in [7, 11) is 0. The van der Waals surface area contributed by atoms with Gasteiger partial charge >= 0.3 is 0 Å². The van der Waals surface area contributed by atoms with Crippen molar-refractivity contribution < 1.29 is 15.0 Å². The van der Waals surface area contributed by atoms with Crippen molar-refractivity contribution in [3.8, 4) is 0 Å². The fraction of sp³-hybridized carbons (Fsp3) is 0.750. The van der Waals surface area contributed by atoms with Crippen LogP contribution >= 0.6 is 0 Å². The summed E-state index contributed by atoms with van der Waals surface area (Å²) < 4.78 is 0. The van der Waals surface area contributed by atoms with Crippen LogP contribution in [0.2, 0.25) is 0 Å². The zero-order valence-electron chi connectivity index (χ0n) is 4.16. The largest absolute Gasteiger partial charge is 0.383 e. The van der Waals surface area contributed by atoms with Crippen molar-refractivity contribution >= 4 is 5.91 Å². The van der Waals surface area contributed by atoms with Gasteiger partial charge in [0.15, 0.2) is 0 Å². The van der Waals surface area contributed by atoms with Gasteiger partial charge < -0.3 is 15.5 Å². The van der Waals surface area contributed by atoms with E-state index in [-0.39, 0.29) is 6.42 Å². The van der Waals surface area contributed by atoms with Crippen molar-refractivity contribution in [1.29, 1.82) is 0 Å². The molecule has 4 nitrogen and oxygen atoms in total. The molecule has 1 heterocycles. The van der Waals surface area contributed by atoms with Gasteiger partial charge in [0.2, 0.25) is 0 Å². The molecule has 1 aliphatic rings. The summed E-state index contributed by atoms with van der Waals surface area (Å²) in [6.45, 7) is 0. The van der Waals surface area contributed by atoms with Crippen molar-refractivity contribution in [3.63, 3.8) is 0 Å². The van der Waals surface area contributed by atoms with Crippen molar-refractivity contribution in [2.45, 2.75) is 18.8 Å². The highest BCUT2D eigenvalue weighted by atomic mass is 16.3. The first-order valence-corrected chi connectivity index (χ1v) is 2.36. The lowest BCUT2D eigenvalue weighted by Crippen LogP contribution is -2.26. The Morgan fingerprint density at radius 1 is 1.62 bits per heavy atom. The van der Waals surface area contributed by atoms with E-state index in [0.29, 0.717) is 0 Å². The number of hydrogen-bond donors (Lipinski definition) is 3. The zero-order valence-corrected chi connectivity index (χ0v) is 4.16. The summed E-state index contributed by atoms with van der Waals surface area (Å²) in [6.07, 6.45) is -1.75. The van der Waals surface area contributed by atoms with Gasteiger partial charge in [0, 0.05) is 6.42 Å². The van der Waals surface area contributed by atoms with Crippen LogP contribution in [0.3, 0.4) is 0 Å². The smallest absolute Gasteiger partial charge is 0.250 e. The Bertz CT molecular complexity index is 114. The Balaban J connectivity index is 2.51. The van der Waals surface area contributed by atoms with E-state index in [9.17, 15) is 4.79 Å². The maximum absolute atomic E-state index is 10.3. The molecule has 2 unspecified atom stereocenters. The van der Waals surface area contributed by atoms with E-state index in [0.717, 1.165) is 0 Å². The quantitative estimate of drug-likeness (QED) is 0.350. The molecule has 1 saturated heterocycles. The Labute approximate surface area is 46.1 Å². The lowest BCUT2D eigenvalue weighted by atomic mass is 10.3. The van der Waals surface area contributed by atoms with Crippen LogP contribution in [0.15, 0.2) is 0 Å². The lowest BCUT2D eigenvalue weighted by Gasteiger charge is -1.94. The summed E-state index contributed by atoms with van der Waals surface area (Å²) in [4.78, 5) is 10.3. The number of hydrogen-bond acceptors (Lipinski definition) is 3. The molecule has 0 saturated carbocycles. The van der Waals surface area contributed by atoms with Crippen LogP contribution in [0.4, 0.5) is 0 Å². The third kappa shape index (κ3) is 0.801. The third-order valence-electron chi connectivity index (χ3n) is 1.06. The van der Waals surface area contributed by atoms with Crippen LogP contribution < -0.4 is 5.32 Å². The molecule has 1 fully saturated rings. The van der Waals surface area contributed by atoms with E-state index < -0.39 is 18.2 Å². The van der Waals surface area contributed by atoms with E-state index >= 15 is 0 Å². The van der Waals surface area contributed by atoms with Crippen molar-refractivity contribution in [1.82, 2.24) is 5.32 Å². The minimum absolute atomic E-state index is 0.110. The Hall–Kier alpha value is -0.610. The molecule has 0 aromatic heterocycles. The normalized spacial score (nSPS) is 37.5. The molecule has 0 aromatic rings. The second-order valence-electron chi connectivity index (χ2n) is 1.78. The molecule has 1 amide bonds. The van der Waals surface area contributed by atoms with Crippen LogP contribution in [0.25, 0.3) is 0 Å². The maximum Gasteiger partial charge on any atom is 0.250 e. The minimum atomic E-state index is -1.01. The molecule has 0 aliphatic carbocycles. The Morgan fingerprint density at radius 3 is 2.38 bits per heavy atom. The first kappa shape index (κ1) is 5.53. The van der Waals surface area contributed by atoms with Gasteiger partial charge in [-0.3, -0.25) is 4.79 Å². The molecule has 46 valence electrons. The SMILES string of the molecule is O=C1NC(O)CC1O. The molecule has 1 aliphatic heterocycles. The lowest BCUT2D eigenvalue weighted by molar-refractivity contribution is -0.126. The molecule has 4 heteroatoms. The average molecular weight is 117 g/mol. The highest BCUT2D eigenvalue weighted by molar-refractivity contribution is 5.82. The molecule has 3 N–H and O–H groups in total. The van der Waals surface area contributed by atoms with Gasteiger partial charge in [-0.1, -0.05) is 0 Å². The molecule has 0 aromatic carbocycles. The van der Waals surface area contributed by atoms with Crippen LogP contribution in [0, 0.1) is 0 Å². The Morgan fingerprint density at radius 2 is 2.25 bits per heavy atom. The molecule has 0 radical (unpaired) electrons. The monoisotopic (exact) mass is 117 g/mol. The third-order valence-corrected chi connectivity index (χ3v) is 1.06. The topological polar surface area (TPSA) is 69.6 Å². The number of rotatable bonds is 0. The van der Waals surface area contributed by atoms with Gasteiger partial charge in [-0.15, -0.1) is 0 Å². The fourth-order valence-corrected chi connectivity index (χ4v) is 0.638. The second kappa shape index (κ2) is 1.72. The minimum Gasteiger partial charge on any atom is -0.383 e. The van der Waals surface area contributed by atoms with Crippen molar-refractivity contribution in [2.24, 2.45) is 0 Å². The number of amides is 1. The number of aliphatic hydroxyl groups is 2. The van der Waals surface area contributed by atoms with Crippen molar-refractivity contribution in [3.05, 3.63) is 0 Å². The van der Waals surface area contributed by atoms with Crippen molar-refractivity contribution in [2.75, 3.05) is 0 Å². The standard InChI is InChI=1S/C4H7NO3/c6-2-1-3(7)5-4(2)8/h2-3,6-7H,1H2,(H,5,8). The number of aliphatic hydroxyl groups excluding tert-OH is 2. The zero-order chi connectivity index (χ0) is 6.15. The molecule has 0 spiro atoms. The second-order valence-corrected chi connectivity index (χ2v) is 1.78. The Kier molecular flexibility index (Phi) is 1.19. The van der Waals surface area contributed by atoms with Crippen LogP contribution in [0.1, 0.15) is 6.42 Å². The van der Waals surface area contributed by atoms with Gasteiger partial charge in [0.25, 0.3) is 5.91 Å². The highest BCUT2D eigenvalue weighted by Gasteiger charge is 2.27. The summed E-state index contributed by atoms with van der Waals surface area (Å²) in [5.41, 5.74) is 0. The first-order chi connectivity index (χ1) is 3.70. The van der Waals surface area contributed by atoms with E-state index in [1.54, 1.807) is 0 Å². The predicted octanol–water partition coefficient (Wildman–Crippen LogP) is -1.81. The van der Waals surface area contributed by atoms with Gasteiger partial charge in [-0.2, -0.15) is 0 Å². The van der Waals surface area contributed by atoms with Gasteiger partial charge in [-0.25, -0.2) is 0 Å². The van der Waals surface area contributed by atoms with E-state index in [4.69, 9.17) is 10.2 Å². The van der Waals surface area contributed by atoms with E-state index in [1.165, 1.54) is 0 Å². The van der Waals surface area contributed by atoms with Gasteiger partial charge in [0.05, 0.1) is 0 Å². The summed E-state index contributed by atoms with van der Waals surface area (Å²) >= 11 is 0. The first-order valence-electron chi connectivity index (χ1n) is 2.36. The van der Waals surface area contributed by atoms with Gasteiger partial charge in [0.1, 0.15) is 12.3 Å². The average Bonchev–Trinajstić information content (AvgIpc) is 1.85. The fourth-order valence-electron chi connectivity index (χ4n) is 0.638. The van der Waals surface area contributed by atoms with Crippen LogP contribution in [0.5, 0.6) is 0 Å². The molecule has 2 atom stereocenters. The summed E-state index contributed by atoms with van der Waals surface area (Å²) in [5.74, 6) is -0.488. The van der Waals surface area contributed by atoms with Crippen LogP contribution in [-0.2, 0) is 4.79 Å². The predicted molar refractivity (Wildman–Crippen MR) is 24.8 cm³/mol. The molecule has 0 bridgehead atoms. The maximum atomic E-state index is 10.3. The van der Waals surface area contributed by atoms with Crippen LogP contribution in [-0.4, -0.2) is 28.5 Å². The number of carbonyl (C=O) groups is 1. The highest BCUT2D eigenvalue weighted by Crippen LogP contribution is 2.03. The molecule has 1 rings (SSSR count). The summed E-state index contributed by atoms with van der Waals surface area (Å²) in [6, 6.07) is 0. The number of carbonyl (C=O) groups excluding carboxylic acids is 1.